The number of fused-ring (bicyclic) bond motifs is 1. The Morgan fingerprint density at radius 2 is 2.23 bits per heavy atom. The molecule has 1 aliphatic heterocycles. The van der Waals surface area contributed by atoms with Crippen molar-refractivity contribution >= 4 is 10.9 Å². The highest BCUT2D eigenvalue weighted by Crippen LogP contribution is 2.33. The molecule has 2 N–H and O–H groups in total. The van der Waals surface area contributed by atoms with Crippen LogP contribution in [0.4, 0.5) is 0 Å². The summed E-state index contributed by atoms with van der Waals surface area (Å²) < 4.78 is 24.6. The fourth-order valence-corrected chi connectivity index (χ4v) is 3.55. The molecule has 31 heavy (non-hydrogen) atoms. The number of hydrogen-bond donors (Lipinski definition) is 2. The Balaban J connectivity index is 1.48. The van der Waals surface area contributed by atoms with Crippen LogP contribution < -0.4 is 4.74 Å². The molecule has 0 amide bonds. The Kier molecular flexibility index (Phi) is 7.47. The maximum atomic E-state index is 8.70. The number of nitrogens with one attached hydrogen (secondary N) is 1. The number of ether oxygens (including phenoxy) is 4. The average molecular weight is 431 g/mol. The topological polar surface area (TPSA) is 117 Å². The fraction of sp³-hybridized carbons (Fsp3) is 0.571. The van der Waals surface area contributed by atoms with E-state index >= 15 is 0 Å². The highest BCUT2D eigenvalue weighted by atomic mass is 16.6. The van der Waals surface area contributed by atoms with Crippen LogP contribution in [0.25, 0.3) is 22.2 Å². The number of H-pyrrole nitrogens is 1. The zero-order chi connectivity index (χ0) is 21.5. The maximum Gasteiger partial charge on any atom is 0.214 e. The molecule has 0 saturated carbocycles. The van der Waals surface area contributed by atoms with Crippen molar-refractivity contribution in [3.05, 3.63) is 24.7 Å². The van der Waals surface area contributed by atoms with Gasteiger partial charge in [0.2, 0.25) is 5.88 Å². The maximum absolute atomic E-state index is 8.70. The number of aliphatic hydroxyl groups excluding tert-OH is 1. The fourth-order valence-electron chi connectivity index (χ4n) is 3.55. The largest absolute Gasteiger partial charge is 0.475 e. The van der Waals surface area contributed by atoms with Crippen molar-refractivity contribution in [3.63, 3.8) is 0 Å². The van der Waals surface area contributed by atoms with Crippen LogP contribution in [0.5, 0.6) is 5.88 Å². The van der Waals surface area contributed by atoms with E-state index in [1.54, 1.807) is 12.4 Å². The molecule has 1 saturated heterocycles. The number of aliphatic hydroxyl groups is 1. The van der Waals surface area contributed by atoms with Crippen LogP contribution >= 0.6 is 0 Å². The summed E-state index contributed by atoms with van der Waals surface area (Å²) in [5.41, 5.74) is 2.62. The van der Waals surface area contributed by atoms with E-state index in [0.29, 0.717) is 32.3 Å². The lowest BCUT2D eigenvalue weighted by atomic mass is 10.1. The second kappa shape index (κ2) is 10.7. The van der Waals surface area contributed by atoms with Crippen LogP contribution in [-0.2, 0) is 14.2 Å². The predicted octanol–water partition coefficient (Wildman–Crippen LogP) is 2.31. The monoisotopic (exact) mass is 431 g/mol. The van der Waals surface area contributed by atoms with Crippen molar-refractivity contribution in [2.24, 2.45) is 0 Å². The Bertz CT molecular complexity index is 939. The quantitative estimate of drug-likeness (QED) is 0.444. The van der Waals surface area contributed by atoms with Gasteiger partial charge in [0.25, 0.3) is 0 Å². The Hall–Kier alpha value is -2.53. The molecule has 1 unspecified atom stereocenters. The molecule has 1 aliphatic rings. The lowest BCUT2D eigenvalue weighted by Gasteiger charge is -2.23. The number of rotatable bonds is 11. The molecule has 3 aromatic heterocycles. The highest BCUT2D eigenvalue weighted by Gasteiger charge is 2.23. The molecule has 1 fully saturated rings. The van der Waals surface area contributed by atoms with Gasteiger partial charge in [0.05, 0.1) is 50.4 Å². The van der Waals surface area contributed by atoms with E-state index in [-0.39, 0.29) is 18.9 Å². The minimum Gasteiger partial charge on any atom is -0.475 e. The van der Waals surface area contributed by atoms with Gasteiger partial charge in [-0.05, 0) is 26.2 Å². The molecular formula is C21H29N5O5. The normalized spacial score (nSPS) is 17.8. The Labute approximate surface area is 180 Å². The van der Waals surface area contributed by atoms with E-state index in [1.807, 2.05) is 23.9 Å². The van der Waals surface area contributed by atoms with Gasteiger partial charge in [-0.15, -0.1) is 0 Å². The van der Waals surface area contributed by atoms with Gasteiger partial charge >= 0.3 is 0 Å². The lowest BCUT2D eigenvalue weighted by Crippen LogP contribution is -2.21. The molecule has 0 radical (unpaired) electrons. The molecule has 0 aromatic carbocycles. The summed E-state index contributed by atoms with van der Waals surface area (Å²) in [5, 5.41) is 21.4. The summed E-state index contributed by atoms with van der Waals surface area (Å²) in [6, 6.07) is 1.90. The summed E-state index contributed by atoms with van der Waals surface area (Å²) in [4.78, 5) is 4.48. The number of hydrogen-bond acceptors (Lipinski definition) is 8. The predicted molar refractivity (Wildman–Crippen MR) is 113 cm³/mol. The van der Waals surface area contributed by atoms with Gasteiger partial charge in [-0.2, -0.15) is 10.2 Å². The molecule has 0 aliphatic carbocycles. The molecule has 4 heterocycles. The van der Waals surface area contributed by atoms with E-state index in [4.69, 9.17) is 29.2 Å². The number of aromatic nitrogens is 5. The van der Waals surface area contributed by atoms with E-state index < -0.39 is 0 Å². The SMILES string of the molecule is C[C@@H](COc1cc2c(-c3cn[nH]c3)nn(C3CCCCO3)c2cn1)OCCOCCO. The molecule has 2 atom stereocenters. The molecule has 0 spiro atoms. The van der Waals surface area contributed by atoms with E-state index in [2.05, 4.69) is 15.2 Å². The van der Waals surface area contributed by atoms with Crippen LogP contribution in [-0.4, -0.2) is 75.8 Å². The second-order valence-electron chi connectivity index (χ2n) is 7.47. The van der Waals surface area contributed by atoms with Gasteiger partial charge in [-0.1, -0.05) is 0 Å². The first-order valence-electron chi connectivity index (χ1n) is 10.7. The van der Waals surface area contributed by atoms with Crippen LogP contribution in [0.3, 0.4) is 0 Å². The Morgan fingerprint density at radius 3 is 3.00 bits per heavy atom. The molecule has 3 aromatic rings. The van der Waals surface area contributed by atoms with Crippen molar-refractivity contribution in [2.75, 3.05) is 39.6 Å². The van der Waals surface area contributed by atoms with Crippen molar-refractivity contribution in [1.29, 1.82) is 0 Å². The molecule has 168 valence electrons. The van der Waals surface area contributed by atoms with Crippen LogP contribution in [0.15, 0.2) is 24.7 Å². The van der Waals surface area contributed by atoms with Gasteiger partial charge in [0.15, 0.2) is 6.23 Å². The van der Waals surface area contributed by atoms with Gasteiger partial charge < -0.3 is 24.1 Å². The smallest absolute Gasteiger partial charge is 0.214 e. The summed E-state index contributed by atoms with van der Waals surface area (Å²) in [7, 11) is 0. The molecule has 10 nitrogen and oxygen atoms in total. The van der Waals surface area contributed by atoms with Crippen molar-refractivity contribution in [2.45, 2.75) is 38.5 Å². The Morgan fingerprint density at radius 1 is 1.29 bits per heavy atom. The second-order valence-corrected chi connectivity index (χ2v) is 7.47. The summed E-state index contributed by atoms with van der Waals surface area (Å²) in [6.07, 6.45) is 8.27. The lowest BCUT2D eigenvalue weighted by molar-refractivity contribution is -0.0365. The van der Waals surface area contributed by atoms with Gasteiger partial charge in [-0.3, -0.25) is 5.10 Å². The first kappa shape index (κ1) is 21.7. The van der Waals surface area contributed by atoms with Crippen LogP contribution in [0, 0.1) is 0 Å². The van der Waals surface area contributed by atoms with E-state index in [9.17, 15) is 0 Å². The molecule has 10 heteroatoms. The zero-order valence-corrected chi connectivity index (χ0v) is 17.7. The third-order valence-corrected chi connectivity index (χ3v) is 5.10. The average Bonchev–Trinajstić information content (AvgIpc) is 3.46. The highest BCUT2D eigenvalue weighted by molar-refractivity contribution is 5.93. The third kappa shape index (κ3) is 5.40. The molecular weight excluding hydrogens is 402 g/mol. The van der Waals surface area contributed by atoms with Crippen LogP contribution in [0.1, 0.15) is 32.4 Å². The minimum absolute atomic E-state index is 0.0110. The third-order valence-electron chi connectivity index (χ3n) is 5.10. The number of pyridine rings is 1. The summed E-state index contributed by atoms with van der Waals surface area (Å²) >= 11 is 0. The van der Waals surface area contributed by atoms with Crippen molar-refractivity contribution in [1.82, 2.24) is 25.0 Å². The minimum atomic E-state index is -0.123. The zero-order valence-electron chi connectivity index (χ0n) is 17.7. The van der Waals surface area contributed by atoms with Gasteiger partial charge in [0.1, 0.15) is 12.3 Å². The van der Waals surface area contributed by atoms with Crippen molar-refractivity contribution < 1.29 is 24.1 Å². The summed E-state index contributed by atoms with van der Waals surface area (Å²) in [6.45, 7) is 4.24. The summed E-state index contributed by atoms with van der Waals surface area (Å²) in [5.74, 6) is 0.508. The number of nitrogens with zero attached hydrogens (tertiary/aromatic N) is 4. The molecule has 4 rings (SSSR count). The first-order chi connectivity index (χ1) is 15.3. The standard InChI is InChI=1S/C21H29N5O5/c1-15(29-9-8-28-7-5-27)14-31-19-10-17-18(13-22-19)26(20-4-2-3-6-30-20)25-21(17)16-11-23-24-12-16/h10-13,15,20,27H,2-9,14H2,1H3,(H,23,24)/t15-,20?/m0/s1. The number of aromatic amines is 1. The molecule has 0 bridgehead atoms. The van der Waals surface area contributed by atoms with Crippen molar-refractivity contribution in [3.8, 4) is 17.1 Å². The van der Waals surface area contributed by atoms with Gasteiger partial charge in [0, 0.05) is 29.8 Å². The van der Waals surface area contributed by atoms with Crippen LogP contribution in [0.2, 0.25) is 0 Å². The van der Waals surface area contributed by atoms with Gasteiger partial charge in [-0.25, -0.2) is 9.67 Å². The van der Waals surface area contributed by atoms with E-state index in [0.717, 1.165) is 48.0 Å². The first-order valence-corrected chi connectivity index (χ1v) is 10.7. The van der Waals surface area contributed by atoms with E-state index in [1.165, 1.54) is 0 Å².